The molecule has 2 aromatic carbocycles. The summed E-state index contributed by atoms with van der Waals surface area (Å²) in [7, 11) is -2.34. The molecule has 32 heavy (non-hydrogen) atoms. The quantitative estimate of drug-likeness (QED) is 0.405. The monoisotopic (exact) mass is 460 g/mol. The fourth-order valence-corrected chi connectivity index (χ4v) is 3.56. The summed E-state index contributed by atoms with van der Waals surface area (Å²) in [6.45, 7) is 1.66. The van der Waals surface area contributed by atoms with E-state index in [0.717, 1.165) is 0 Å². The van der Waals surface area contributed by atoms with Crippen LogP contribution in [0.3, 0.4) is 0 Å². The molecule has 0 saturated carbocycles. The number of esters is 1. The highest BCUT2D eigenvalue weighted by atomic mass is 32.2. The van der Waals surface area contributed by atoms with Gasteiger partial charge in [-0.15, -0.1) is 0 Å². The summed E-state index contributed by atoms with van der Waals surface area (Å²) in [5.74, 6) is -0.694. The smallest absolute Gasteiger partial charge is 0.411 e. The highest BCUT2D eigenvalue weighted by Gasteiger charge is 2.15. The van der Waals surface area contributed by atoms with Crippen molar-refractivity contribution in [3.63, 3.8) is 0 Å². The van der Waals surface area contributed by atoms with Gasteiger partial charge in [0.25, 0.3) is 0 Å². The molecule has 1 heterocycles. The molecule has 0 aliphatic rings. The van der Waals surface area contributed by atoms with Crippen molar-refractivity contribution in [1.82, 2.24) is 4.72 Å². The van der Waals surface area contributed by atoms with E-state index in [2.05, 4.69) is 10.0 Å². The Labute approximate surface area is 183 Å². The van der Waals surface area contributed by atoms with Gasteiger partial charge in [0.2, 0.25) is 10.0 Å². The highest BCUT2D eigenvalue weighted by Crippen LogP contribution is 2.22. The Kier molecular flexibility index (Phi) is 6.91. The van der Waals surface area contributed by atoms with E-state index < -0.39 is 27.7 Å². The number of sulfonamides is 1. The van der Waals surface area contributed by atoms with E-state index in [-0.39, 0.29) is 29.3 Å². The van der Waals surface area contributed by atoms with Gasteiger partial charge in [-0.25, -0.2) is 27.5 Å². The number of benzene rings is 2. The van der Waals surface area contributed by atoms with Gasteiger partial charge in [-0.05, 0) is 50.4 Å². The van der Waals surface area contributed by atoms with Crippen molar-refractivity contribution in [2.24, 2.45) is 0 Å². The van der Waals surface area contributed by atoms with Gasteiger partial charge in [-0.1, -0.05) is 0 Å². The van der Waals surface area contributed by atoms with Crippen molar-refractivity contribution in [3.05, 3.63) is 70.1 Å². The van der Waals surface area contributed by atoms with Gasteiger partial charge in [-0.2, -0.15) is 0 Å². The predicted octanol–water partition coefficient (Wildman–Crippen LogP) is 2.63. The van der Waals surface area contributed by atoms with Crippen LogP contribution in [0, 0.1) is 0 Å². The topological polar surface area (TPSA) is 141 Å². The van der Waals surface area contributed by atoms with E-state index in [1.54, 1.807) is 19.1 Å². The van der Waals surface area contributed by atoms with Gasteiger partial charge in [0, 0.05) is 28.8 Å². The van der Waals surface area contributed by atoms with Gasteiger partial charge in [-0.3, -0.25) is 5.32 Å². The lowest BCUT2D eigenvalue weighted by Crippen LogP contribution is -2.18. The third kappa shape index (κ3) is 5.31. The molecule has 1 amide bonds. The number of hydrogen-bond donors (Lipinski definition) is 2. The normalized spacial score (nSPS) is 11.2. The first-order valence-corrected chi connectivity index (χ1v) is 10.9. The molecule has 0 atom stereocenters. The van der Waals surface area contributed by atoms with Gasteiger partial charge >= 0.3 is 17.7 Å². The minimum absolute atomic E-state index is 0.00967. The zero-order valence-corrected chi connectivity index (χ0v) is 18.0. The maximum atomic E-state index is 12.4. The lowest BCUT2D eigenvalue weighted by atomic mass is 10.1. The summed E-state index contributed by atoms with van der Waals surface area (Å²) in [5.41, 5.74) is 0.456. The predicted molar refractivity (Wildman–Crippen MR) is 115 cm³/mol. The Bertz CT molecular complexity index is 1310. The maximum absolute atomic E-state index is 12.4. The van der Waals surface area contributed by atoms with E-state index in [9.17, 15) is 22.8 Å². The second-order valence-electron chi connectivity index (χ2n) is 6.46. The van der Waals surface area contributed by atoms with Gasteiger partial charge in [0.1, 0.15) is 12.2 Å². The first-order chi connectivity index (χ1) is 15.2. The first-order valence-electron chi connectivity index (χ1n) is 9.45. The van der Waals surface area contributed by atoms with Crippen molar-refractivity contribution in [3.8, 4) is 0 Å². The average molecular weight is 460 g/mol. The number of rotatable bonds is 7. The van der Waals surface area contributed by atoms with Crippen LogP contribution in [0.5, 0.6) is 0 Å². The van der Waals surface area contributed by atoms with Gasteiger partial charge in [0.15, 0.2) is 0 Å². The fraction of sp³-hybridized carbons (Fsp3) is 0.190. The first kappa shape index (κ1) is 23.0. The molecule has 0 spiro atoms. The van der Waals surface area contributed by atoms with Crippen LogP contribution >= 0.6 is 0 Å². The number of amides is 1. The van der Waals surface area contributed by atoms with Crippen LogP contribution in [0.25, 0.3) is 11.0 Å². The largest absolute Gasteiger partial charge is 0.457 e. The summed E-state index contributed by atoms with van der Waals surface area (Å²) in [6.07, 6.45) is -0.646. The molecule has 11 heteroatoms. The number of fused-ring (bicyclic) bond motifs is 1. The summed E-state index contributed by atoms with van der Waals surface area (Å²) in [6, 6.07) is 11.1. The van der Waals surface area contributed by atoms with Crippen LogP contribution in [0.2, 0.25) is 0 Å². The molecular weight excluding hydrogens is 440 g/mol. The van der Waals surface area contributed by atoms with Crippen molar-refractivity contribution in [2.75, 3.05) is 19.0 Å². The molecular formula is C21H20N2O8S. The Hall–Kier alpha value is -3.70. The molecule has 2 N–H and O–H groups in total. The third-order valence-corrected chi connectivity index (χ3v) is 5.81. The number of hydrogen-bond acceptors (Lipinski definition) is 8. The second-order valence-corrected chi connectivity index (χ2v) is 8.34. The van der Waals surface area contributed by atoms with Gasteiger partial charge < -0.3 is 13.9 Å². The van der Waals surface area contributed by atoms with E-state index >= 15 is 0 Å². The molecule has 0 radical (unpaired) electrons. The Morgan fingerprint density at radius 1 is 1.03 bits per heavy atom. The zero-order chi connectivity index (χ0) is 23.3. The number of nitrogens with one attached hydrogen (secondary N) is 2. The lowest BCUT2D eigenvalue weighted by molar-refractivity contribution is 0.0473. The SMILES string of the molecule is CCOC(=O)Nc1ccc2c(COC(=O)c3ccc(S(=O)(=O)NC)cc3)cc(=O)oc2c1. The summed E-state index contributed by atoms with van der Waals surface area (Å²) in [5, 5.41) is 3.03. The van der Waals surface area contributed by atoms with Crippen molar-refractivity contribution < 1.29 is 31.9 Å². The standard InChI is InChI=1S/C21H20N2O8S/c1-3-29-21(26)23-15-6-9-17-14(10-19(24)31-18(17)11-15)12-30-20(25)13-4-7-16(8-5-13)32(27,28)22-2/h4-11,22H,3,12H2,1-2H3,(H,23,26). The summed E-state index contributed by atoms with van der Waals surface area (Å²) >= 11 is 0. The Balaban J connectivity index is 1.77. The number of carbonyl (C=O) groups is 2. The fourth-order valence-electron chi connectivity index (χ4n) is 2.83. The second kappa shape index (κ2) is 9.62. The Morgan fingerprint density at radius 3 is 2.41 bits per heavy atom. The zero-order valence-electron chi connectivity index (χ0n) is 17.2. The molecule has 0 aliphatic heterocycles. The molecule has 0 bridgehead atoms. The van der Waals surface area contributed by atoms with Crippen LogP contribution in [0.15, 0.2) is 62.6 Å². The molecule has 10 nitrogen and oxygen atoms in total. The summed E-state index contributed by atoms with van der Waals surface area (Å²) in [4.78, 5) is 35.9. The van der Waals surface area contributed by atoms with Crippen LogP contribution in [-0.4, -0.2) is 34.1 Å². The molecule has 0 unspecified atom stereocenters. The van der Waals surface area contributed by atoms with Crippen LogP contribution < -0.4 is 15.7 Å². The highest BCUT2D eigenvalue weighted by molar-refractivity contribution is 7.89. The van der Waals surface area contributed by atoms with E-state index in [1.165, 1.54) is 43.4 Å². The molecule has 1 aromatic heterocycles. The number of anilines is 1. The maximum Gasteiger partial charge on any atom is 0.411 e. The minimum atomic E-state index is -3.62. The summed E-state index contributed by atoms with van der Waals surface area (Å²) < 4.78 is 41.0. The number of carbonyl (C=O) groups excluding carboxylic acids is 2. The van der Waals surface area contributed by atoms with Crippen molar-refractivity contribution >= 4 is 38.7 Å². The van der Waals surface area contributed by atoms with E-state index in [4.69, 9.17) is 13.9 Å². The van der Waals surface area contributed by atoms with Gasteiger partial charge in [0.05, 0.1) is 17.1 Å². The molecule has 168 valence electrons. The van der Waals surface area contributed by atoms with Crippen molar-refractivity contribution in [2.45, 2.75) is 18.4 Å². The molecule has 0 aliphatic carbocycles. The molecule has 3 aromatic rings. The molecule has 3 rings (SSSR count). The van der Waals surface area contributed by atoms with Crippen LogP contribution in [0.4, 0.5) is 10.5 Å². The molecule has 0 saturated heterocycles. The molecule has 0 fully saturated rings. The van der Waals surface area contributed by atoms with Crippen molar-refractivity contribution in [1.29, 1.82) is 0 Å². The minimum Gasteiger partial charge on any atom is -0.457 e. The third-order valence-electron chi connectivity index (χ3n) is 4.38. The number of ether oxygens (including phenoxy) is 2. The lowest BCUT2D eigenvalue weighted by Gasteiger charge is -2.09. The van der Waals surface area contributed by atoms with E-state index in [0.29, 0.717) is 16.6 Å². The van der Waals surface area contributed by atoms with E-state index in [1.807, 2.05) is 0 Å². The van der Waals surface area contributed by atoms with Crippen LogP contribution in [-0.2, 0) is 26.1 Å². The van der Waals surface area contributed by atoms with Crippen LogP contribution in [0.1, 0.15) is 22.8 Å². The average Bonchev–Trinajstić information content (AvgIpc) is 2.77. The Morgan fingerprint density at radius 2 is 1.75 bits per heavy atom.